The van der Waals surface area contributed by atoms with E-state index in [9.17, 15) is 22.0 Å². The van der Waals surface area contributed by atoms with Crippen LogP contribution in [-0.2, 0) is 14.8 Å². The molecule has 3 aromatic heterocycles. The Morgan fingerprint density at radius 3 is 2.50 bits per heavy atom. The van der Waals surface area contributed by atoms with Gasteiger partial charge < -0.3 is 15.0 Å². The maximum Gasteiger partial charge on any atom is 0.262 e. The normalized spacial score (nSPS) is 11.5. The van der Waals surface area contributed by atoms with E-state index in [-0.39, 0.29) is 16.6 Å². The van der Waals surface area contributed by atoms with Crippen LogP contribution >= 0.6 is 0 Å². The van der Waals surface area contributed by atoms with Gasteiger partial charge in [-0.05, 0) is 42.8 Å². The van der Waals surface area contributed by atoms with Gasteiger partial charge in [0.15, 0.2) is 5.82 Å². The predicted molar refractivity (Wildman–Crippen MR) is 149 cm³/mol. The molecule has 5 rings (SSSR count). The van der Waals surface area contributed by atoms with E-state index in [1.165, 1.54) is 18.5 Å². The number of anilines is 2. The average molecular weight is 597 g/mol. The number of carbonyl (C=O) groups is 1. The molecule has 0 fully saturated rings. The first kappa shape index (κ1) is 28.7. The number of nitrogens with one attached hydrogen (secondary N) is 3. The molecule has 0 saturated carbocycles. The first-order chi connectivity index (χ1) is 20.2. The van der Waals surface area contributed by atoms with Gasteiger partial charge >= 0.3 is 0 Å². The lowest BCUT2D eigenvalue weighted by atomic mass is 10.0. The molecule has 42 heavy (non-hydrogen) atoms. The maximum absolute atomic E-state index is 15.5. The van der Waals surface area contributed by atoms with Gasteiger partial charge in [-0.15, -0.1) is 0 Å². The molecular formula is C28H23F3N6O4S. The number of nitrogens with zero attached hydrogens (tertiary/aromatic N) is 3. The molecule has 0 aliphatic carbocycles. The van der Waals surface area contributed by atoms with Gasteiger partial charge in [0.1, 0.15) is 17.3 Å². The molecule has 10 nitrogen and oxygen atoms in total. The van der Waals surface area contributed by atoms with E-state index in [2.05, 4.69) is 25.3 Å². The van der Waals surface area contributed by atoms with E-state index >= 15 is 4.39 Å². The van der Waals surface area contributed by atoms with Crippen molar-refractivity contribution in [2.24, 2.45) is 0 Å². The molecule has 0 spiro atoms. The summed E-state index contributed by atoms with van der Waals surface area (Å²) < 4.78 is 76.3. The SMILES string of the molecule is COCCCNc1ncc(-c2cnc3[nH]cc(C(=O)c4c(F)ccc(NS(=O)(=O)c5cccc(F)c5)c4F)c3c2)cn1. The minimum absolute atomic E-state index is 0.0976. The van der Waals surface area contributed by atoms with Crippen LogP contribution in [0.15, 0.2) is 72.1 Å². The Morgan fingerprint density at radius 2 is 1.76 bits per heavy atom. The molecule has 0 aliphatic heterocycles. The number of benzene rings is 2. The third-order valence-corrected chi connectivity index (χ3v) is 7.60. The number of ether oxygens (including phenoxy) is 1. The standard InChI is InChI=1S/C28H23F3N6O4S/c1-41-9-3-8-32-28-35-13-17(14-36-28)16-10-20-21(15-34-27(20)33-12-16)26(38)24-22(30)6-7-23(25(24)31)37-42(39,40)19-5-2-4-18(29)11-19/h2,4-7,10-15,37H,3,8-9H2,1H3,(H,33,34)(H,32,35,36). The van der Waals surface area contributed by atoms with Crippen LogP contribution in [0.4, 0.5) is 24.8 Å². The first-order valence-corrected chi connectivity index (χ1v) is 14.0. The number of fused-ring (bicyclic) bond motifs is 1. The number of rotatable bonds is 11. The molecule has 14 heteroatoms. The first-order valence-electron chi connectivity index (χ1n) is 12.5. The lowest BCUT2D eigenvalue weighted by molar-refractivity contribution is 0.103. The van der Waals surface area contributed by atoms with Crippen molar-refractivity contribution < 1.29 is 31.1 Å². The maximum atomic E-state index is 15.5. The largest absolute Gasteiger partial charge is 0.385 e. The van der Waals surface area contributed by atoms with E-state index in [1.807, 2.05) is 4.72 Å². The summed E-state index contributed by atoms with van der Waals surface area (Å²) in [5.41, 5.74) is -0.358. The number of aromatic amines is 1. The second-order valence-corrected chi connectivity index (χ2v) is 10.7. The Morgan fingerprint density at radius 1 is 1.00 bits per heavy atom. The zero-order chi connectivity index (χ0) is 29.9. The van der Waals surface area contributed by atoms with E-state index < -0.39 is 49.4 Å². The fourth-order valence-electron chi connectivity index (χ4n) is 4.15. The molecule has 0 unspecified atom stereocenters. The number of carbonyl (C=O) groups excluding carboxylic acids is 1. The lowest BCUT2D eigenvalue weighted by Gasteiger charge is -2.12. The number of sulfonamides is 1. The number of aromatic nitrogens is 4. The van der Waals surface area contributed by atoms with Crippen LogP contribution < -0.4 is 10.0 Å². The van der Waals surface area contributed by atoms with E-state index in [1.54, 1.807) is 25.6 Å². The highest BCUT2D eigenvalue weighted by Crippen LogP contribution is 2.30. The monoisotopic (exact) mass is 596 g/mol. The summed E-state index contributed by atoms with van der Waals surface area (Å²) in [6.07, 6.45) is 6.69. The van der Waals surface area contributed by atoms with E-state index in [0.29, 0.717) is 30.2 Å². The molecule has 0 bridgehead atoms. The predicted octanol–water partition coefficient (Wildman–Crippen LogP) is 4.92. The second kappa shape index (κ2) is 12.0. The zero-order valence-corrected chi connectivity index (χ0v) is 22.8. The Kier molecular flexibility index (Phi) is 8.17. The van der Waals surface area contributed by atoms with Gasteiger partial charge in [-0.2, -0.15) is 0 Å². The average Bonchev–Trinajstić information content (AvgIpc) is 3.41. The van der Waals surface area contributed by atoms with Crippen molar-refractivity contribution in [3.8, 4) is 11.1 Å². The fraction of sp³-hybridized carbons (Fsp3) is 0.143. The topological polar surface area (TPSA) is 139 Å². The fourth-order valence-corrected chi connectivity index (χ4v) is 5.24. The summed E-state index contributed by atoms with van der Waals surface area (Å²) in [7, 11) is -2.84. The molecule has 3 heterocycles. The van der Waals surface area contributed by atoms with Crippen molar-refractivity contribution in [2.75, 3.05) is 30.3 Å². The molecule has 3 N–H and O–H groups in total. The highest BCUT2D eigenvalue weighted by Gasteiger charge is 2.26. The summed E-state index contributed by atoms with van der Waals surface area (Å²) in [5, 5.41) is 3.34. The van der Waals surface area contributed by atoms with Crippen molar-refractivity contribution in [3.63, 3.8) is 0 Å². The number of H-pyrrole nitrogens is 1. The number of pyridine rings is 1. The van der Waals surface area contributed by atoms with Gasteiger partial charge in [0.2, 0.25) is 11.7 Å². The zero-order valence-electron chi connectivity index (χ0n) is 22.0. The summed E-state index contributed by atoms with van der Waals surface area (Å²) in [5.74, 6) is -4.08. The Labute approximate surface area is 238 Å². The van der Waals surface area contributed by atoms with Crippen LogP contribution in [-0.4, -0.2) is 54.4 Å². The molecule has 0 saturated heterocycles. The Hall–Kier alpha value is -4.82. The molecule has 0 amide bonds. The number of methoxy groups -OCH3 is 1. The smallest absolute Gasteiger partial charge is 0.262 e. The third-order valence-electron chi connectivity index (χ3n) is 6.24. The quantitative estimate of drug-likeness (QED) is 0.144. The van der Waals surface area contributed by atoms with Crippen molar-refractivity contribution in [2.45, 2.75) is 11.3 Å². The second-order valence-electron chi connectivity index (χ2n) is 9.07. The molecule has 0 aliphatic rings. The number of hydrogen-bond donors (Lipinski definition) is 3. The van der Waals surface area contributed by atoms with Crippen LogP contribution in [0, 0.1) is 17.5 Å². The van der Waals surface area contributed by atoms with Gasteiger partial charge in [0, 0.05) is 67.1 Å². The van der Waals surface area contributed by atoms with Crippen LogP contribution in [0.25, 0.3) is 22.2 Å². The van der Waals surface area contributed by atoms with E-state index in [0.717, 1.165) is 36.8 Å². The minimum Gasteiger partial charge on any atom is -0.385 e. The van der Waals surface area contributed by atoms with Crippen LogP contribution in [0.3, 0.4) is 0 Å². The highest BCUT2D eigenvalue weighted by atomic mass is 32.2. The number of ketones is 1. The van der Waals surface area contributed by atoms with Gasteiger partial charge in [-0.1, -0.05) is 6.07 Å². The van der Waals surface area contributed by atoms with Gasteiger partial charge in [0.05, 0.1) is 16.1 Å². The van der Waals surface area contributed by atoms with E-state index in [4.69, 9.17) is 4.74 Å². The molecule has 2 aromatic carbocycles. The highest BCUT2D eigenvalue weighted by molar-refractivity contribution is 7.92. The van der Waals surface area contributed by atoms with Gasteiger partial charge in [-0.3, -0.25) is 9.52 Å². The van der Waals surface area contributed by atoms with Gasteiger partial charge in [-0.25, -0.2) is 36.5 Å². The summed E-state index contributed by atoms with van der Waals surface area (Å²) in [6.45, 7) is 1.22. The third kappa shape index (κ3) is 5.94. The molecule has 216 valence electrons. The van der Waals surface area contributed by atoms with Crippen LogP contribution in [0.5, 0.6) is 0 Å². The summed E-state index contributed by atoms with van der Waals surface area (Å²) in [6, 6.07) is 7.26. The Bertz CT molecular complexity index is 1880. The summed E-state index contributed by atoms with van der Waals surface area (Å²) in [4.78, 5) is 28.6. The van der Waals surface area contributed by atoms with Crippen molar-refractivity contribution in [1.82, 2.24) is 19.9 Å². The molecule has 5 aromatic rings. The van der Waals surface area contributed by atoms with Crippen molar-refractivity contribution in [1.29, 1.82) is 0 Å². The molecular weight excluding hydrogens is 573 g/mol. The van der Waals surface area contributed by atoms with Gasteiger partial charge in [0.25, 0.3) is 10.0 Å². The van der Waals surface area contributed by atoms with Crippen LogP contribution in [0.2, 0.25) is 0 Å². The minimum atomic E-state index is -4.45. The van der Waals surface area contributed by atoms with Crippen molar-refractivity contribution in [3.05, 3.63) is 95.8 Å². The number of halogens is 3. The molecule has 0 atom stereocenters. The lowest BCUT2D eigenvalue weighted by Crippen LogP contribution is -2.16. The van der Waals surface area contributed by atoms with Crippen LogP contribution in [0.1, 0.15) is 22.3 Å². The molecule has 0 radical (unpaired) electrons. The summed E-state index contributed by atoms with van der Waals surface area (Å²) >= 11 is 0. The Balaban J connectivity index is 1.44. The number of hydrogen-bond acceptors (Lipinski definition) is 8. The van der Waals surface area contributed by atoms with Crippen molar-refractivity contribution >= 4 is 38.5 Å².